The number of rotatable bonds is 0. The Bertz CT molecular complexity index is 25.6. The minimum absolute atomic E-state index is 0. The van der Waals surface area contributed by atoms with Crippen molar-refractivity contribution in [2.24, 2.45) is 0 Å². The monoisotopic (exact) mass is 98.1 g/mol. The van der Waals surface area contributed by atoms with Crippen LogP contribution in [0.2, 0.25) is 0 Å². The Morgan fingerprint density at radius 1 is 1.17 bits per heavy atom. The standard InChI is InChI=1S/C4H8O.Mg.2H/c1-2-4-5-3-1;;;/h1-4H2;;;/q;+2;2*-1. The molecule has 1 nitrogen and oxygen atoms in total. The molecule has 0 N–H and O–H groups in total. The van der Waals surface area contributed by atoms with Crippen molar-refractivity contribution in [2.75, 3.05) is 13.2 Å². The molecule has 0 radical (unpaired) electrons. The first-order valence-electron chi connectivity index (χ1n) is 2.08. The molecule has 0 aromatic heterocycles. The molecule has 0 spiro atoms. The molecule has 6 heavy (non-hydrogen) atoms. The van der Waals surface area contributed by atoms with Crippen molar-refractivity contribution < 1.29 is 7.59 Å². The topological polar surface area (TPSA) is 9.23 Å². The zero-order valence-electron chi connectivity index (χ0n) is 5.94. The Hall–Kier alpha value is 0.726. The van der Waals surface area contributed by atoms with Crippen LogP contribution in [0.15, 0.2) is 0 Å². The maximum absolute atomic E-state index is 4.94. The smallest absolute Gasteiger partial charge is 1.00 e. The van der Waals surface area contributed by atoms with Crippen molar-refractivity contribution in [3.8, 4) is 0 Å². The van der Waals surface area contributed by atoms with Crippen molar-refractivity contribution in [3.63, 3.8) is 0 Å². The Kier molecular flexibility index (Phi) is 4.37. The van der Waals surface area contributed by atoms with Gasteiger partial charge in [0, 0.05) is 13.2 Å². The average molecular weight is 98.4 g/mol. The van der Waals surface area contributed by atoms with Crippen LogP contribution in [0.5, 0.6) is 0 Å². The predicted molar refractivity (Wildman–Crippen MR) is 28.0 cm³/mol. The van der Waals surface area contributed by atoms with Crippen molar-refractivity contribution in [3.05, 3.63) is 0 Å². The van der Waals surface area contributed by atoms with E-state index in [1.165, 1.54) is 12.8 Å². The second-order valence-corrected chi connectivity index (χ2v) is 1.32. The van der Waals surface area contributed by atoms with E-state index in [2.05, 4.69) is 0 Å². The fourth-order valence-corrected chi connectivity index (χ4v) is 0.510. The van der Waals surface area contributed by atoms with Crippen LogP contribution in [0.25, 0.3) is 0 Å². The molecule has 2 heteroatoms. The van der Waals surface area contributed by atoms with Crippen LogP contribution in [0.4, 0.5) is 0 Å². The van der Waals surface area contributed by atoms with Gasteiger partial charge >= 0.3 is 23.1 Å². The van der Waals surface area contributed by atoms with E-state index in [4.69, 9.17) is 4.74 Å². The predicted octanol–water partition coefficient (Wildman–Crippen LogP) is 0.641. The van der Waals surface area contributed by atoms with E-state index in [1.54, 1.807) is 0 Å². The van der Waals surface area contributed by atoms with E-state index < -0.39 is 0 Å². The summed E-state index contributed by atoms with van der Waals surface area (Å²) in [5.41, 5.74) is 0. The molecule has 0 aliphatic carbocycles. The van der Waals surface area contributed by atoms with Crippen LogP contribution in [0, 0.1) is 0 Å². The zero-order chi connectivity index (χ0) is 3.54. The Balaban J connectivity index is -0.0000000833. The molecule has 1 saturated heterocycles. The van der Waals surface area contributed by atoms with Crippen LogP contribution in [0.1, 0.15) is 15.7 Å². The number of hydrogen-bond donors (Lipinski definition) is 0. The van der Waals surface area contributed by atoms with Gasteiger partial charge in [-0.05, 0) is 12.8 Å². The van der Waals surface area contributed by atoms with Crippen LogP contribution in [-0.2, 0) is 4.74 Å². The van der Waals surface area contributed by atoms with Crippen molar-refractivity contribution >= 4 is 23.1 Å². The largest absolute Gasteiger partial charge is 2.00 e. The van der Waals surface area contributed by atoms with E-state index in [0.717, 1.165) is 13.2 Å². The minimum Gasteiger partial charge on any atom is -1.00 e. The van der Waals surface area contributed by atoms with E-state index in [0.29, 0.717) is 0 Å². The van der Waals surface area contributed by atoms with Crippen LogP contribution in [-0.4, -0.2) is 36.3 Å². The summed E-state index contributed by atoms with van der Waals surface area (Å²) in [5, 5.41) is 0. The molecule has 1 rings (SSSR count). The minimum atomic E-state index is 0. The summed E-state index contributed by atoms with van der Waals surface area (Å²) < 4.78 is 4.94. The quantitative estimate of drug-likeness (QED) is 0.404. The van der Waals surface area contributed by atoms with Gasteiger partial charge in [-0.15, -0.1) is 0 Å². The third kappa shape index (κ3) is 2.00. The van der Waals surface area contributed by atoms with Crippen molar-refractivity contribution in [1.82, 2.24) is 0 Å². The van der Waals surface area contributed by atoms with Gasteiger partial charge in [0.2, 0.25) is 0 Å². The molecule has 0 atom stereocenters. The van der Waals surface area contributed by atoms with Gasteiger partial charge in [-0.2, -0.15) is 0 Å². The maximum atomic E-state index is 4.94. The van der Waals surface area contributed by atoms with Crippen LogP contribution in [0.3, 0.4) is 0 Å². The van der Waals surface area contributed by atoms with E-state index in [9.17, 15) is 0 Å². The van der Waals surface area contributed by atoms with Crippen molar-refractivity contribution in [1.29, 1.82) is 0 Å². The molecule has 0 bridgehead atoms. The summed E-state index contributed by atoms with van der Waals surface area (Å²) in [4.78, 5) is 0. The fourth-order valence-electron chi connectivity index (χ4n) is 0.510. The van der Waals surface area contributed by atoms with Gasteiger partial charge < -0.3 is 7.59 Å². The molecule has 1 heterocycles. The molecular weight excluding hydrogens is 88.3 g/mol. The Morgan fingerprint density at radius 2 is 1.67 bits per heavy atom. The molecular formula is C4H10MgO. The summed E-state index contributed by atoms with van der Waals surface area (Å²) in [7, 11) is 0. The summed E-state index contributed by atoms with van der Waals surface area (Å²) >= 11 is 0. The van der Waals surface area contributed by atoms with E-state index in [-0.39, 0.29) is 25.9 Å². The first kappa shape index (κ1) is 6.73. The molecule has 0 aromatic rings. The molecule has 1 aliphatic rings. The normalized spacial score (nSPS) is 20.0. The SMILES string of the molecule is C1CCOC1.[H-].[H-].[Mg+2]. The van der Waals surface area contributed by atoms with Gasteiger partial charge in [-0.1, -0.05) is 0 Å². The van der Waals surface area contributed by atoms with E-state index >= 15 is 0 Å². The summed E-state index contributed by atoms with van der Waals surface area (Å²) in [6.45, 7) is 2.00. The van der Waals surface area contributed by atoms with Gasteiger partial charge in [-0.3, -0.25) is 0 Å². The third-order valence-electron chi connectivity index (χ3n) is 0.827. The van der Waals surface area contributed by atoms with Gasteiger partial charge in [0.15, 0.2) is 0 Å². The van der Waals surface area contributed by atoms with Gasteiger partial charge in [0.25, 0.3) is 0 Å². The molecule has 0 saturated carbocycles. The summed E-state index contributed by atoms with van der Waals surface area (Å²) in [5.74, 6) is 0. The molecule has 0 amide bonds. The number of hydrogen-bond acceptors (Lipinski definition) is 1. The Labute approximate surface area is 57.2 Å². The van der Waals surface area contributed by atoms with Gasteiger partial charge in [-0.25, -0.2) is 0 Å². The van der Waals surface area contributed by atoms with Gasteiger partial charge in [0.05, 0.1) is 0 Å². The molecule has 0 aromatic carbocycles. The maximum Gasteiger partial charge on any atom is 2.00 e. The Morgan fingerprint density at radius 3 is 1.83 bits per heavy atom. The molecule has 1 fully saturated rings. The second-order valence-electron chi connectivity index (χ2n) is 1.32. The second kappa shape index (κ2) is 3.90. The first-order chi connectivity index (χ1) is 2.50. The van der Waals surface area contributed by atoms with Crippen molar-refractivity contribution in [2.45, 2.75) is 12.8 Å². The van der Waals surface area contributed by atoms with Crippen LogP contribution >= 0.6 is 0 Å². The average Bonchev–Trinajstić information content (AvgIpc) is 1.76. The fraction of sp³-hybridized carbons (Fsp3) is 1.00. The molecule has 1 aliphatic heterocycles. The molecule has 34 valence electrons. The van der Waals surface area contributed by atoms with E-state index in [1.807, 2.05) is 0 Å². The zero-order valence-corrected chi connectivity index (χ0v) is 5.36. The van der Waals surface area contributed by atoms with Crippen LogP contribution < -0.4 is 0 Å². The third-order valence-corrected chi connectivity index (χ3v) is 0.827. The first-order valence-corrected chi connectivity index (χ1v) is 2.08. The summed E-state index contributed by atoms with van der Waals surface area (Å²) in [6.07, 6.45) is 2.56. The number of ether oxygens (including phenoxy) is 1. The van der Waals surface area contributed by atoms with Gasteiger partial charge in [0.1, 0.15) is 0 Å². The summed E-state index contributed by atoms with van der Waals surface area (Å²) in [6, 6.07) is 0. The molecule has 0 unspecified atom stereocenters.